The maximum absolute atomic E-state index is 14.4. The average Bonchev–Trinajstić information content (AvgIpc) is 3.03. The van der Waals surface area contributed by atoms with Crippen molar-refractivity contribution >= 4 is 50.7 Å². The maximum atomic E-state index is 14.4. The molecule has 0 aliphatic carbocycles. The molecule has 1 N–H and O–H groups in total. The van der Waals surface area contributed by atoms with E-state index in [-0.39, 0.29) is 39.5 Å². The third-order valence-corrected chi connectivity index (χ3v) is 9.41. The zero-order valence-corrected chi connectivity index (χ0v) is 26.0. The molecule has 0 aliphatic rings. The molecule has 0 aliphatic heterocycles. The van der Waals surface area contributed by atoms with Gasteiger partial charge in [-0.3, -0.25) is 13.9 Å². The first-order chi connectivity index (χ1) is 20.7. The standard InChI is InChI=1S/C33H33Cl2N3O4S/c1-2-21-36-33(40)30(22-25-13-6-3-7-14-25)37(23-26-15-8-4-9-16-26)31(39)24-38(29-20-12-19-28(34)32(29)35)43(41,42)27-17-10-5-11-18-27/h3-20,30H,2,21-24H2,1H3,(H,36,40)/t30-/m0/s1. The van der Waals surface area contributed by atoms with Gasteiger partial charge in [-0.2, -0.15) is 0 Å². The molecule has 224 valence electrons. The monoisotopic (exact) mass is 637 g/mol. The highest BCUT2D eigenvalue weighted by Gasteiger charge is 2.35. The zero-order valence-electron chi connectivity index (χ0n) is 23.7. The molecule has 1 atom stereocenters. The van der Waals surface area contributed by atoms with E-state index in [1.807, 2.05) is 67.6 Å². The Morgan fingerprint density at radius 2 is 1.37 bits per heavy atom. The van der Waals surface area contributed by atoms with E-state index in [9.17, 15) is 18.0 Å². The first-order valence-corrected chi connectivity index (χ1v) is 16.1. The number of sulfonamides is 1. The van der Waals surface area contributed by atoms with E-state index in [1.165, 1.54) is 29.2 Å². The van der Waals surface area contributed by atoms with Gasteiger partial charge in [0.15, 0.2) is 0 Å². The molecule has 0 fully saturated rings. The number of anilines is 1. The van der Waals surface area contributed by atoms with Crippen molar-refractivity contribution in [3.05, 3.63) is 130 Å². The van der Waals surface area contributed by atoms with Crippen molar-refractivity contribution in [2.45, 2.75) is 37.2 Å². The van der Waals surface area contributed by atoms with Crippen LogP contribution < -0.4 is 9.62 Å². The van der Waals surface area contributed by atoms with Gasteiger partial charge >= 0.3 is 0 Å². The number of halogens is 2. The van der Waals surface area contributed by atoms with E-state index in [0.29, 0.717) is 13.0 Å². The number of hydrogen-bond acceptors (Lipinski definition) is 4. The Morgan fingerprint density at radius 3 is 1.98 bits per heavy atom. The summed E-state index contributed by atoms with van der Waals surface area (Å²) in [7, 11) is -4.27. The lowest BCUT2D eigenvalue weighted by Crippen LogP contribution is -2.53. The maximum Gasteiger partial charge on any atom is 0.264 e. The van der Waals surface area contributed by atoms with Crippen molar-refractivity contribution in [1.29, 1.82) is 0 Å². The number of nitrogens with one attached hydrogen (secondary N) is 1. The summed E-state index contributed by atoms with van der Waals surface area (Å²) in [6.45, 7) is 1.85. The van der Waals surface area contributed by atoms with E-state index in [1.54, 1.807) is 24.3 Å². The molecule has 43 heavy (non-hydrogen) atoms. The lowest BCUT2D eigenvalue weighted by atomic mass is 10.0. The van der Waals surface area contributed by atoms with Gasteiger partial charge in [0.2, 0.25) is 11.8 Å². The minimum absolute atomic E-state index is 0.00685. The fourth-order valence-electron chi connectivity index (χ4n) is 4.62. The van der Waals surface area contributed by atoms with Gasteiger partial charge in [0, 0.05) is 19.5 Å². The SMILES string of the molecule is CCCNC(=O)[C@H](Cc1ccccc1)N(Cc1ccccc1)C(=O)CN(c1cccc(Cl)c1Cl)S(=O)(=O)c1ccccc1. The van der Waals surface area contributed by atoms with Crippen molar-refractivity contribution in [3.8, 4) is 0 Å². The lowest BCUT2D eigenvalue weighted by molar-refractivity contribution is -0.140. The molecule has 0 saturated heterocycles. The minimum atomic E-state index is -4.27. The Morgan fingerprint density at radius 1 is 0.791 bits per heavy atom. The van der Waals surface area contributed by atoms with Gasteiger partial charge in [0.1, 0.15) is 12.6 Å². The van der Waals surface area contributed by atoms with Crippen LogP contribution >= 0.6 is 23.2 Å². The Hall–Kier alpha value is -3.85. The third-order valence-electron chi connectivity index (χ3n) is 6.83. The number of rotatable bonds is 13. The molecule has 4 aromatic carbocycles. The molecule has 0 heterocycles. The third kappa shape index (κ3) is 8.16. The van der Waals surface area contributed by atoms with Crippen molar-refractivity contribution in [3.63, 3.8) is 0 Å². The van der Waals surface area contributed by atoms with Crippen LogP contribution in [0.5, 0.6) is 0 Å². The van der Waals surface area contributed by atoms with Crippen LogP contribution in [0.25, 0.3) is 0 Å². The minimum Gasteiger partial charge on any atom is -0.354 e. The largest absolute Gasteiger partial charge is 0.354 e. The molecule has 0 unspecified atom stereocenters. The molecule has 7 nitrogen and oxygen atoms in total. The van der Waals surface area contributed by atoms with Crippen molar-refractivity contribution in [2.24, 2.45) is 0 Å². The summed E-state index contributed by atoms with van der Waals surface area (Å²) in [5, 5.41) is 3.06. The quantitative estimate of drug-likeness (QED) is 0.185. The Balaban J connectivity index is 1.80. The smallest absolute Gasteiger partial charge is 0.264 e. The van der Waals surface area contributed by atoms with Crippen LogP contribution in [0.1, 0.15) is 24.5 Å². The second-order valence-corrected chi connectivity index (χ2v) is 12.5. The highest BCUT2D eigenvalue weighted by Crippen LogP contribution is 2.35. The molecule has 0 radical (unpaired) electrons. The van der Waals surface area contributed by atoms with Crippen LogP contribution in [0, 0.1) is 0 Å². The number of benzene rings is 4. The fraction of sp³-hybridized carbons (Fsp3) is 0.212. The first kappa shape index (κ1) is 32.1. The number of amides is 2. The summed E-state index contributed by atoms with van der Waals surface area (Å²) in [6.07, 6.45) is 0.950. The van der Waals surface area contributed by atoms with Crippen LogP contribution in [0.3, 0.4) is 0 Å². The summed E-state index contributed by atoms with van der Waals surface area (Å²) < 4.78 is 29.0. The summed E-state index contributed by atoms with van der Waals surface area (Å²) in [6, 6.07) is 30.2. The molecule has 4 aromatic rings. The first-order valence-electron chi connectivity index (χ1n) is 13.9. The summed E-state index contributed by atoms with van der Waals surface area (Å²) in [4.78, 5) is 29.4. The van der Waals surface area contributed by atoms with Crippen molar-refractivity contribution in [1.82, 2.24) is 10.2 Å². The van der Waals surface area contributed by atoms with Gasteiger partial charge in [0.25, 0.3) is 10.0 Å². The Labute approximate surface area is 263 Å². The zero-order chi connectivity index (χ0) is 30.8. The van der Waals surface area contributed by atoms with Crippen LogP contribution in [-0.4, -0.2) is 44.3 Å². The Kier molecular flexibility index (Phi) is 11.2. The van der Waals surface area contributed by atoms with Gasteiger partial charge in [0.05, 0.1) is 20.6 Å². The normalized spacial score (nSPS) is 11.9. The van der Waals surface area contributed by atoms with Crippen LogP contribution in [-0.2, 0) is 32.6 Å². The van der Waals surface area contributed by atoms with Gasteiger partial charge in [-0.15, -0.1) is 0 Å². The van der Waals surface area contributed by atoms with E-state index < -0.39 is 28.5 Å². The predicted octanol–water partition coefficient (Wildman–Crippen LogP) is 6.36. The van der Waals surface area contributed by atoms with Crippen LogP contribution in [0.4, 0.5) is 5.69 Å². The van der Waals surface area contributed by atoms with Crippen LogP contribution in [0.15, 0.2) is 114 Å². The average molecular weight is 639 g/mol. The molecule has 10 heteroatoms. The second-order valence-electron chi connectivity index (χ2n) is 9.90. The second kappa shape index (κ2) is 15.0. The molecule has 0 aromatic heterocycles. The van der Waals surface area contributed by atoms with Gasteiger partial charge < -0.3 is 10.2 Å². The molecule has 0 spiro atoms. The molecule has 0 saturated carbocycles. The predicted molar refractivity (Wildman–Crippen MR) is 172 cm³/mol. The molecule has 2 amide bonds. The number of carbonyl (C=O) groups is 2. The molecule has 4 rings (SSSR count). The number of nitrogens with zero attached hydrogens (tertiary/aromatic N) is 2. The highest BCUT2D eigenvalue weighted by molar-refractivity contribution is 7.92. The summed E-state index contributed by atoms with van der Waals surface area (Å²) in [5.41, 5.74) is 1.70. The van der Waals surface area contributed by atoms with E-state index >= 15 is 0 Å². The van der Waals surface area contributed by atoms with E-state index in [4.69, 9.17) is 23.2 Å². The van der Waals surface area contributed by atoms with Gasteiger partial charge in [-0.1, -0.05) is 115 Å². The molecule has 0 bridgehead atoms. The summed E-state index contributed by atoms with van der Waals surface area (Å²) in [5.74, 6) is -0.903. The number of carbonyl (C=O) groups excluding carboxylic acids is 2. The van der Waals surface area contributed by atoms with Gasteiger partial charge in [-0.05, 0) is 41.8 Å². The topological polar surface area (TPSA) is 86.8 Å². The fourth-order valence-corrected chi connectivity index (χ4v) is 6.51. The van der Waals surface area contributed by atoms with Crippen molar-refractivity contribution in [2.75, 3.05) is 17.4 Å². The highest BCUT2D eigenvalue weighted by atomic mass is 35.5. The Bertz CT molecular complexity index is 1620. The van der Waals surface area contributed by atoms with Crippen molar-refractivity contribution < 1.29 is 18.0 Å². The summed E-state index contributed by atoms with van der Waals surface area (Å²) >= 11 is 12.8. The lowest BCUT2D eigenvalue weighted by Gasteiger charge is -2.34. The molecular weight excluding hydrogens is 605 g/mol. The van der Waals surface area contributed by atoms with E-state index in [0.717, 1.165) is 15.4 Å². The van der Waals surface area contributed by atoms with Gasteiger partial charge in [-0.25, -0.2) is 8.42 Å². The molecular formula is C33H33Cl2N3O4S. The van der Waals surface area contributed by atoms with Crippen LogP contribution in [0.2, 0.25) is 10.0 Å². The number of hydrogen-bond donors (Lipinski definition) is 1. The van der Waals surface area contributed by atoms with E-state index in [2.05, 4.69) is 5.32 Å².